The fraction of sp³-hybridized carbons (Fsp3) is 0.300. The SMILES string of the molecule is NCCCc1cc2ncc(F)cc2[nH]1. The molecule has 3 nitrogen and oxygen atoms in total. The van der Waals surface area contributed by atoms with Crippen LogP contribution in [0.5, 0.6) is 0 Å². The number of fused-ring (bicyclic) bond motifs is 1. The predicted molar refractivity (Wildman–Crippen MR) is 53.4 cm³/mol. The normalized spacial score (nSPS) is 11.0. The van der Waals surface area contributed by atoms with Crippen LogP contribution in [-0.4, -0.2) is 16.5 Å². The number of hydrogen-bond donors (Lipinski definition) is 2. The van der Waals surface area contributed by atoms with E-state index in [0.29, 0.717) is 6.54 Å². The van der Waals surface area contributed by atoms with Crippen molar-refractivity contribution in [3.05, 3.63) is 29.8 Å². The summed E-state index contributed by atoms with van der Waals surface area (Å²) in [5.41, 5.74) is 8.02. The van der Waals surface area contributed by atoms with Crippen molar-refractivity contribution in [1.82, 2.24) is 9.97 Å². The lowest BCUT2D eigenvalue weighted by atomic mass is 10.2. The molecule has 0 fully saturated rings. The number of hydrogen-bond acceptors (Lipinski definition) is 2. The second kappa shape index (κ2) is 3.75. The van der Waals surface area contributed by atoms with Crippen LogP contribution in [0.25, 0.3) is 11.0 Å². The maximum Gasteiger partial charge on any atom is 0.143 e. The maximum atomic E-state index is 12.8. The van der Waals surface area contributed by atoms with E-state index in [9.17, 15) is 4.39 Å². The van der Waals surface area contributed by atoms with Gasteiger partial charge >= 0.3 is 0 Å². The first kappa shape index (κ1) is 9.15. The van der Waals surface area contributed by atoms with Crippen LogP contribution in [0.4, 0.5) is 4.39 Å². The molecule has 0 bridgehead atoms. The van der Waals surface area contributed by atoms with Crippen molar-refractivity contribution >= 4 is 11.0 Å². The average Bonchev–Trinajstić information content (AvgIpc) is 2.56. The Hall–Kier alpha value is -1.42. The van der Waals surface area contributed by atoms with Gasteiger partial charge in [-0.1, -0.05) is 0 Å². The summed E-state index contributed by atoms with van der Waals surface area (Å²) in [6.45, 7) is 0.664. The van der Waals surface area contributed by atoms with Gasteiger partial charge in [-0.2, -0.15) is 0 Å². The Kier molecular flexibility index (Phi) is 2.45. The van der Waals surface area contributed by atoms with Crippen LogP contribution in [-0.2, 0) is 6.42 Å². The Balaban J connectivity index is 2.32. The fourth-order valence-electron chi connectivity index (χ4n) is 1.47. The van der Waals surface area contributed by atoms with Gasteiger partial charge < -0.3 is 10.7 Å². The average molecular weight is 193 g/mol. The van der Waals surface area contributed by atoms with E-state index in [1.54, 1.807) is 0 Å². The molecule has 0 amide bonds. The van der Waals surface area contributed by atoms with E-state index in [4.69, 9.17) is 5.73 Å². The van der Waals surface area contributed by atoms with Gasteiger partial charge in [-0.05, 0) is 25.5 Å². The standard InChI is InChI=1S/C10H12FN3/c11-7-4-10-9(13-6-7)5-8(14-10)2-1-3-12/h4-6,14H,1-3,12H2. The highest BCUT2D eigenvalue weighted by Gasteiger charge is 2.02. The van der Waals surface area contributed by atoms with Gasteiger partial charge in [0.15, 0.2) is 0 Å². The molecule has 0 aliphatic heterocycles. The molecule has 3 N–H and O–H groups in total. The third-order valence-corrected chi connectivity index (χ3v) is 2.14. The molecule has 0 aliphatic carbocycles. The van der Waals surface area contributed by atoms with Crippen molar-refractivity contribution in [2.75, 3.05) is 6.54 Å². The van der Waals surface area contributed by atoms with Gasteiger partial charge in [0.05, 0.1) is 17.2 Å². The van der Waals surface area contributed by atoms with Crippen molar-refractivity contribution in [3.8, 4) is 0 Å². The molecule has 0 saturated heterocycles. The fourth-order valence-corrected chi connectivity index (χ4v) is 1.47. The first-order valence-corrected chi connectivity index (χ1v) is 4.63. The third-order valence-electron chi connectivity index (χ3n) is 2.14. The van der Waals surface area contributed by atoms with Crippen molar-refractivity contribution in [2.24, 2.45) is 5.73 Å². The number of nitrogens with two attached hydrogens (primary N) is 1. The van der Waals surface area contributed by atoms with Gasteiger partial charge in [-0.3, -0.25) is 4.98 Å². The number of aromatic amines is 1. The van der Waals surface area contributed by atoms with Crippen LogP contribution in [0, 0.1) is 5.82 Å². The summed E-state index contributed by atoms with van der Waals surface area (Å²) in [6.07, 6.45) is 3.03. The Bertz CT molecular complexity index is 436. The van der Waals surface area contributed by atoms with Crippen molar-refractivity contribution in [1.29, 1.82) is 0 Å². The molecular formula is C10H12FN3. The van der Waals surface area contributed by atoms with Gasteiger partial charge in [-0.25, -0.2) is 4.39 Å². The monoisotopic (exact) mass is 193 g/mol. The Morgan fingerprint density at radius 2 is 2.29 bits per heavy atom. The number of halogens is 1. The van der Waals surface area contributed by atoms with Crippen LogP contribution < -0.4 is 5.73 Å². The quantitative estimate of drug-likeness (QED) is 0.777. The van der Waals surface area contributed by atoms with E-state index in [0.717, 1.165) is 29.6 Å². The zero-order chi connectivity index (χ0) is 9.97. The number of aryl methyl sites for hydroxylation is 1. The first-order chi connectivity index (χ1) is 6.79. The molecule has 14 heavy (non-hydrogen) atoms. The Morgan fingerprint density at radius 1 is 1.43 bits per heavy atom. The molecule has 2 rings (SSSR count). The van der Waals surface area contributed by atoms with Crippen LogP contribution in [0.1, 0.15) is 12.1 Å². The van der Waals surface area contributed by atoms with Crippen molar-refractivity contribution in [3.63, 3.8) is 0 Å². The lowest BCUT2D eigenvalue weighted by Crippen LogP contribution is -2.00. The van der Waals surface area contributed by atoms with Gasteiger partial charge in [0, 0.05) is 11.8 Å². The van der Waals surface area contributed by atoms with E-state index in [2.05, 4.69) is 9.97 Å². The smallest absolute Gasteiger partial charge is 0.143 e. The molecule has 4 heteroatoms. The molecule has 0 saturated carbocycles. The largest absolute Gasteiger partial charge is 0.357 e. The third kappa shape index (κ3) is 1.75. The van der Waals surface area contributed by atoms with E-state index in [-0.39, 0.29) is 5.82 Å². The summed E-state index contributed by atoms with van der Waals surface area (Å²) in [5, 5.41) is 0. The highest BCUT2D eigenvalue weighted by molar-refractivity contribution is 5.75. The Labute approximate surface area is 81.1 Å². The van der Waals surface area contributed by atoms with Crippen LogP contribution >= 0.6 is 0 Å². The minimum atomic E-state index is -0.315. The zero-order valence-electron chi connectivity index (χ0n) is 7.76. The molecule has 74 valence electrons. The molecular weight excluding hydrogens is 181 g/mol. The maximum absolute atomic E-state index is 12.8. The molecule has 2 aromatic rings. The number of nitrogens with one attached hydrogen (secondary N) is 1. The summed E-state index contributed by atoms with van der Waals surface area (Å²) in [4.78, 5) is 7.09. The van der Waals surface area contributed by atoms with Crippen LogP contribution in [0.15, 0.2) is 18.3 Å². The highest BCUT2D eigenvalue weighted by Crippen LogP contribution is 2.14. The van der Waals surface area contributed by atoms with Gasteiger partial charge in [0.2, 0.25) is 0 Å². The lowest BCUT2D eigenvalue weighted by molar-refractivity contribution is 0.624. The molecule has 0 aromatic carbocycles. The predicted octanol–water partition coefficient (Wildman–Crippen LogP) is 1.59. The topological polar surface area (TPSA) is 54.7 Å². The number of rotatable bonds is 3. The lowest BCUT2D eigenvalue weighted by Gasteiger charge is -1.92. The van der Waals surface area contributed by atoms with E-state index in [1.165, 1.54) is 12.3 Å². The van der Waals surface area contributed by atoms with Gasteiger partial charge in [0.1, 0.15) is 5.82 Å². The summed E-state index contributed by atoms with van der Waals surface area (Å²) < 4.78 is 12.8. The Morgan fingerprint density at radius 3 is 3.07 bits per heavy atom. The minimum Gasteiger partial charge on any atom is -0.357 e. The van der Waals surface area contributed by atoms with Crippen LogP contribution in [0.2, 0.25) is 0 Å². The second-order valence-electron chi connectivity index (χ2n) is 3.27. The number of H-pyrrole nitrogens is 1. The molecule has 0 spiro atoms. The minimum absolute atomic E-state index is 0.315. The molecule has 0 atom stereocenters. The number of pyridine rings is 1. The molecule has 2 aromatic heterocycles. The summed E-state index contributed by atoms with van der Waals surface area (Å²) in [5.74, 6) is -0.315. The van der Waals surface area contributed by atoms with Crippen molar-refractivity contribution < 1.29 is 4.39 Å². The van der Waals surface area contributed by atoms with Crippen LogP contribution in [0.3, 0.4) is 0 Å². The van der Waals surface area contributed by atoms with Crippen molar-refractivity contribution in [2.45, 2.75) is 12.8 Å². The first-order valence-electron chi connectivity index (χ1n) is 4.63. The van der Waals surface area contributed by atoms with Gasteiger partial charge in [-0.15, -0.1) is 0 Å². The summed E-state index contributed by atoms with van der Waals surface area (Å²) in [7, 11) is 0. The summed E-state index contributed by atoms with van der Waals surface area (Å²) in [6, 6.07) is 3.39. The highest BCUT2D eigenvalue weighted by atomic mass is 19.1. The van der Waals surface area contributed by atoms with E-state index >= 15 is 0 Å². The van der Waals surface area contributed by atoms with E-state index in [1.807, 2.05) is 6.07 Å². The second-order valence-corrected chi connectivity index (χ2v) is 3.27. The number of aromatic nitrogens is 2. The van der Waals surface area contributed by atoms with E-state index < -0.39 is 0 Å². The molecule has 0 unspecified atom stereocenters. The zero-order valence-corrected chi connectivity index (χ0v) is 7.76. The molecule has 0 aliphatic rings. The summed E-state index contributed by atoms with van der Waals surface area (Å²) >= 11 is 0. The number of nitrogens with zero attached hydrogens (tertiary/aromatic N) is 1. The van der Waals surface area contributed by atoms with Gasteiger partial charge in [0.25, 0.3) is 0 Å². The molecule has 0 radical (unpaired) electrons. The molecule has 2 heterocycles.